The van der Waals surface area contributed by atoms with E-state index in [-0.39, 0.29) is 0 Å². The molecule has 0 aliphatic carbocycles. The maximum atomic E-state index is 4.84. The summed E-state index contributed by atoms with van der Waals surface area (Å²) in [7, 11) is 0. The largest absolute Gasteiger partial charge is 0.369 e. The summed E-state index contributed by atoms with van der Waals surface area (Å²) in [6.45, 7) is 8.70. The van der Waals surface area contributed by atoms with Crippen LogP contribution in [-0.4, -0.2) is 6.61 Å². The molecule has 0 unspecified atom stereocenters. The van der Waals surface area contributed by atoms with Crippen molar-refractivity contribution in [3.63, 3.8) is 0 Å². The van der Waals surface area contributed by atoms with Crippen molar-refractivity contribution in [2.24, 2.45) is 0 Å². The van der Waals surface area contributed by atoms with Gasteiger partial charge in [-0.2, -0.15) is 0 Å². The van der Waals surface area contributed by atoms with Crippen LogP contribution in [0.25, 0.3) is 0 Å². The first-order valence-electron chi connectivity index (χ1n) is 2.81. The van der Waals surface area contributed by atoms with Gasteiger partial charge in [0.15, 0.2) is 0 Å². The van der Waals surface area contributed by atoms with Crippen LogP contribution in [0.15, 0.2) is 12.7 Å². The van der Waals surface area contributed by atoms with E-state index in [0.717, 1.165) is 19.4 Å². The molecule has 0 atom stereocenters. The number of unbranched alkanes of at least 4 members (excludes halogenated alkanes) is 1. The Balaban J connectivity index is 2.62. The van der Waals surface area contributed by atoms with E-state index in [2.05, 4.69) is 13.2 Å². The summed E-state index contributed by atoms with van der Waals surface area (Å²) in [5, 5.41) is 0. The van der Waals surface area contributed by atoms with E-state index in [0.29, 0.717) is 0 Å². The van der Waals surface area contributed by atoms with Gasteiger partial charge in [-0.1, -0.05) is 6.08 Å². The number of allylic oxidation sites excluding steroid dienone is 1. The van der Waals surface area contributed by atoms with Gasteiger partial charge in [0.1, 0.15) is 6.61 Å². The first-order chi connectivity index (χ1) is 3.91. The Morgan fingerprint density at radius 3 is 3.00 bits per heavy atom. The summed E-state index contributed by atoms with van der Waals surface area (Å²) in [6.07, 6.45) is 3.96. The topological polar surface area (TPSA) is 9.23 Å². The SMILES string of the molecule is C=CCCCO[C]C. The van der Waals surface area contributed by atoms with Crippen molar-refractivity contribution < 1.29 is 4.74 Å². The molecule has 0 aliphatic rings. The van der Waals surface area contributed by atoms with Gasteiger partial charge in [0.2, 0.25) is 0 Å². The fraction of sp³-hybridized carbons (Fsp3) is 0.571. The Labute approximate surface area is 51.4 Å². The fourth-order valence-corrected chi connectivity index (χ4v) is 0.402. The van der Waals surface area contributed by atoms with Crippen molar-refractivity contribution in [3.8, 4) is 0 Å². The number of hydrogen-bond donors (Lipinski definition) is 0. The van der Waals surface area contributed by atoms with Crippen LogP contribution < -0.4 is 0 Å². The Bertz CT molecular complexity index is 50.3. The Morgan fingerprint density at radius 2 is 2.50 bits per heavy atom. The third-order valence-electron chi connectivity index (χ3n) is 0.799. The fourth-order valence-electron chi connectivity index (χ4n) is 0.402. The highest BCUT2D eigenvalue weighted by molar-refractivity contribution is 4.64. The molecule has 0 fully saturated rings. The van der Waals surface area contributed by atoms with Gasteiger partial charge in [-0.3, -0.25) is 0 Å². The van der Waals surface area contributed by atoms with Crippen LogP contribution in [0.5, 0.6) is 0 Å². The van der Waals surface area contributed by atoms with Crippen LogP contribution in [0.2, 0.25) is 0 Å². The van der Waals surface area contributed by atoms with E-state index in [1.54, 1.807) is 6.92 Å². The molecule has 0 bridgehead atoms. The van der Waals surface area contributed by atoms with Crippen LogP contribution in [-0.2, 0) is 4.74 Å². The molecular weight excluding hydrogens is 100 g/mol. The van der Waals surface area contributed by atoms with Crippen LogP contribution in [0.4, 0.5) is 0 Å². The molecule has 1 nitrogen and oxygen atoms in total. The third-order valence-corrected chi connectivity index (χ3v) is 0.799. The van der Waals surface area contributed by atoms with Crippen molar-refractivity contribution in [2.45, 2.75) is 19.8 Å². The van der Waals surface area contributed by atoms with Crippen molar-refractivity contribution in [2.75, 3.05) is 6.61 Å². The van der Waals surface area contributed by atoms with Crippen molar-refractivity contribution in [1.82, 2.24) is 0 Å². The smallest absolute Gasteiger partial charge is 0.128 e. The molecule has 0 saturated carbocycles. The maximum Gasteiger partial charge on any atom is 0.128 e. The summed E-state index contributed by atoms with van der Waals surface area (Å²) in [5.74, 6) is 0. The zero-order valence-corrected chi connectivity index (χ0v) is 5.31. The predicted molar refractivity (Wildman–Crippen MR) is 34.3 cm³/mol. The van der Waals surface area contributed by atoms with Gasteiger partial charge in [-0.25, -0.2) is 0 Å². The molecule has 0 spiro atoms. The lowest BCUT2D eigenvalue weighted by Gasteiger charge is -1.93. The molecular formula is C7H12O. The molecule has 0 N–H and O–H groups in total. The lowest BCUT2D eigenvalue weighted by molar-refractivity contribution is 0.201. The quantitative estimate of drug-likeness (QED) is 0.390. The Hall–Kier alpha value is -0.300. The molecule has 0 aromatic heterocycles. The molecule has 0 aromatic rings. The van der Waals surface area contributed by atoms with Gasteiger partial charge in [0.25, 0.3) is 0 Å². The summed E-state index contributed by atoms with van der Waals surface area (Å²) in [5.41, 5.74) is 0. The maximum absolute atomic E-state index is 4.84. The average molecular weight is 112 g/mol. The van der Waals surface area contributed by atoms with Crippen LogP contribution in [0.3, 0.4) is 0 Å². The van der Waals surface area contributed by atoms with Crippen molar-refractivity contribution >= 4 is 0 Å². The molecule has 0 heterocycles. The summed E-state index contributed by atoms with van der Waals surface area (Å²) >= 11 is 0. The summed E-state index contributed by atoms with van der Waals surface area (Å²) in [6, 6.07) is 0. The van der Waals surface area contributed by atoms with E-state index in [4.69, 9.17) is 4.74 Å². The second-order valence-corrected chi connectivity index (χ2v) is 1.48. The highest BCUT2D eigenvalue weighted by atomic mass is 16.5. The molecule has 0 aromatic carbocycles. The van der Waals surface area contributed by atoms with E-state index in [9.17, 15) is 0 Å². The molecule has 1 heteroatoms. The van der Waals surface area contributed by atoms with Crippen molar-refractivity contribution in [1.29, 1.82) is 0 Å². The van der Waals surface area contributed by atoms with E-state index in [1.807, 2.05) is 6.08 Å². The molecule has 8 heavy (non-hydrogen) atoms. The van der Waals surface area contributed by atoms with Gasteiger partial charge in [-0.05, 0) is 19.8 Å². The van der Waals surface area contributed by atoms with Gasteiger partial charge < -0.3 is 4.74 Å². The number of rotatable bonds is 5. The van der Waals surface area contributed by atoms with E-state index < -0.39 is 0 Å². The third kappa shape index (κ3) is 5.70. The van der Waals surface area contributed by atoms with Gasteiger partial charge in [0, 0.05) is 6.61 Å². The lowest BCUT2D eigenvalue weighted by Crippen LogP contribution is -1.86. The molecule has 0 rings (SSSR count). The first kappa shape index (κ1) is 7.70. The van der Waals surface area contributed by atoms with Gasteiger partial charge in [0.05, 0.1) is 0 Å². The second-order valence-electron chi connectivity index (χ2n) is 1.48. The van der Waals surface area contributed by atoms with Crippen LogP contribution in [0.1, 0.15) is 19.8 Å². The summed E-state index contributed by atoms with van der Waals surface area (Å²) < 4.78 is 4.84. The van der Waals surface area contributed by atoms with E-state index in [1.165, 1.54) is 0 Å². The van der Waals surface area contributed by atoms with E-state index >= 15 is 0 Å². The lowest BCUT2D eigenvalue weighted by atomic mass is 10.3. The Kier molecular flexibility index (Phi) is 6.45. The standard InChI is InChI=1S/C7H12O/c1-3-5-6-7-8-4-2/h3H,1,5-7H2,2H3. The molecule has 2 radical (unpaired) electrons. The van der Waals surface area contributed by atoms with Crippen molar-refractivity contribution in [3.05, 3.63) is 19.3 Å². The zero-order chi connectivity index (χ0) is 6.24. The minimum atomic E-state index is 0.766. The first-order valence-corrected chi connectivity index (χ1v) is 2.81. The highest BCUT2D eigenvalue weighted by Crippen LogP contribution is 1.90. The molecule has 0 aliphatic heterocycles. The average Bonchev–Trinajstić information content (AvgIpc) is 1.81. The summed E-state index contributed by atoms with van der Waals surface area (Å²) in [4.78, 5) is 0. The minimum absolute atomic E-state index is 0.766. The molecule has 0 saturated heterocycles. The molecule has 0 amide bonds. The molecule has 46 valence electrons. The Morgan fingerprint density at radius 1 is 1.75 bits per heavy atom. The number of hydrogen-bond acceptors (Lipinski definition) is 1. The monoisotopic (exact) mass is 112 g/mol. The van der Waals surface area contributed by atoms with Gasteiger partial charge in [-0.15, -0.1) is 6.58 Å². The zero-order valence-electron chi connectivity index (χ0n) is 5.31. The second kappa shape index (κ2) is 6.70. The highest BCUT2D eigenvalue weighted by Gasteiger charge is 1.81. The number of ether oxygens (including phenoxy) is 1. The minimum Gasteiger partial charge on any atom is -0.369 e. The predicted octanol–water partition coefficient (Wildman–Crippen LogP) is 2.03. The van der Waals surface area contributed by atoms with Crippen LogP contribution in [0, 0.1) is 6.61 Å². The normalized spacial score (nSPS) is 9.12. The van der Waals surface area contributed by atoms with Gasteiger partial charge >= 0.3 is 0 Å². The van der Waals surface area contributed by atoms with Crippen LogP contribution >= 0.6 is 0 Å².